The summed E-state index contributed by atoms with van der Waals surface area (Å²) in [5.74, 6) is 0. The average molecular weight is 229 g/mol. The van der Waals surface area contributed by atoms with E-state index in [1.54, 1.807) is 17.5 Å². The van der Waals surface area contributed by atoms with E-state index in [4.69, 9.17) is 0 Å². The molecular formula is C12H11N3S. The van der Waals surface area contributed by atoms with E-state index in [1.165, 1.54) is 16.6 Å². The van der Waals surface area contributed by atoms with Crippen LogP contribution in [0.5, 0.6) is 0 Å². The second-order valence-electron chi connectivity index (χ2n) is 3.58. The van der Waals surface area contributed by atoms with Crippen LogP contribution in [0.4, 0.5) is 5.69 Å². The van der Waals surface area contributed by atoms with Crippen LogP contribution in [0.2, 0.25) is 0 Å². The Kier molecular flexibility index (Phi) is 2.34. The number of aromatic amines is 1. The largest absolute Gasteiger partial charge is 0.380 e. The Labute approximate surface area is 97.2 Å². The summed E-state index contributed by atoms with van der Waals surface area (Å²) in [6.07, 6.45) is 3.81. The zero-order valence-corrected chi connectivity index (χ0v) is 9.42. The number of aromatic nitrogens is 2. The van der Waals surface area contributed by atoms with Gasteiger partial charge in [-0.25, -0.2) is 4.98 Å². The molecule has 0 aliphatic rings. The minimum Gasteiger partial charge on any atom is -0.380 e. The Morgan fingerprint density at radius 3 is 3.25 bits per heavy atom. The normalized spacial score (nSPS) is 10.8. The molecule has 3 heterocycles. The molecule has 0 aliphatic heterocycles. The Morgan fingerprint density at radius 1 is 1.38 bits per heavy atom. The highest BCUT2D eigenvalue weighted by Crippen LogP contribution is 2.18. The molecule has 2 N–H and O–H groups in total. The Balaban J connectivity index is 1.84. The van der Waals surface area contributed by atoms with Crippen LogP contribution in [0, 0.1) is 0 Å². The van der Waals surface area contributed by atoms with Gasteiger partial charge in [0.15, 0.2) is 0 Å². The highest BCUT2D eigenvalue weighted by molar-refractivity contribution is 7.08. The van der Waals surface area contributed by atoms with E-state index < -0.39 is 0 Å². The predicted octanol–water partition coefficient (Wildman–Crippen LogP) is 3.24. The van der Waals surface area contributed by atoms with Gasteiger partial charge in [0.05, 0.1) is 0 Å². The van der Waals surface area contributed by atoms with E-state index in [0.29, 0.717) is 0 Å². The first-order chi connectivity index (χ1) is 7.93. The molecule has 0 amide bonds. The third-order valence-corrected chi connectivity index (χ3v) is 3.22. The first-order valence-electron chi connectivity index (χ1n) is 5.10. The molecule has 0 saturated heterocycles. The van der Waals surface area contributed by atoms with Gasteiger partial charge in [0.1, 0.15) is 5.65 Å². The third-order valence-electron chi connectivity index (χ3n) is 2.54. The standard InChI is InChI=1S/C12H11N3S/c1-2-11-9(7-15-12(11)13-4-1)6-14-10-3-5-16-8-10/h1-5,7-8,14H,6H2,(H,13,15). The van der Waals surface area contributed by atoms with Crippen LogP contribution >= 0.6 is 11.3 Å². The fraction of sp³-hybridized carbons (Fsp3) is 0.0833. The van der Waals surface area contributed by atoms with Gasteiger partial charge in [-0.1, -0.05) is 0 Å². The van der Waals surface area contributed by atoms with Crippen molar-refractivity contribution in [2.24, 2.45) is 0 Å². The number of thiophene rings is 1. The average Bonchev–Trinajstić information content (AvgIpc) is 2.96. The van der Waals surface area contributed by atoms with Gasteiger partial charge in [-0.05, 0) is 29.1 Å². The highest BCUT2D eigenvalue weighted by atomic mass is 32.1. The van der Waals surface area contributed by atoms with E-state index in [0.717, 1.165) is 12.2 Å². The van der Waals surface area contributed by atoms with E-state index in [9.17, 15) is 0 Å². The van der Waals surface area contributed by atoms with E-state index in [-0.39, 0.29) is 0 Å². The second kappa shape index (κ2) is 3.98. The van der Waals surface area contributed by atoms with Crippen molar-refractivity contribution < 1.29 is 0 Å². The topological polar surface area (TPSA) is 40.7 Å². The van der Waals surface area contributed by atoms with Crippen molar-refractivity contribution in [2.75, 3.05) is 5.32 Å². The van der Waals surface area contributed by atoms with Gasteiger partial charge < -0.3 is 10.3 Å². The lowest BCUT2D eigenvalue weighted by molar-refractivity contribution is 1.17. The summed E-state index contributed by atoms with van der Waals surface area (Å²) in [6.45, 7) is 0.822. The van der Waals surface area contributed by atoms with Crippen molar-refractivity contribution in [3.05, 3.63) is 46.9 Å². The van der Waals surface area contributed by atoms with Crippen LogP contribution in [0.25, 0.3) is 11.0 Å². The molecule has 0 fully saturated rings. The van der Waals surface area contributed by atoms with E-state index >= 15 is 0 Å². The number of rotatable bonds is 3. The summed E-state index contributed by atoms with van der Waals surface area (Å²) in [5.41, 5.74) is 3.36. The molecule has 0 aromatic carbocycles. The van der Waals surface area contributed by atoms with Gasteiger partial charge in [0.2, 0.25) is 0 Å². The smallest absolute Gasteiger partial charge is 0.137 e. The fourth-order valence-electron chi connectivity index (χ4n) is 1.72. The van der Waals surface area contributed by atoms with Crippen molar-refractivity contribution in [2.45, 2.75) is 6.54 Å². The summed E-state index contributed by atoms with van der Waals surface area (Å²) in [7, 11) is 0. The molecule has 0 radical (unpaired) electrons. The van der Waals surface area contributed by atoms with E-state index in [1.807, 2.05) is 12.3 Å². The molecule has 0 saturated carbocycles. The summed E-state index contributed by atoms with van der Waals surface area (Å²) < 4.78 is 0. The van der Waals surface area contributed by atoms with Crippen LogP contribution in [0.15, 0.2) is 41.4 Å². The minimum absolute atomic E-state index is 0.822. The molecular weight excluding hydrogens is 218 g/mol. The molecule has 3 nitrogen and oxygen atoms in total. The molecule has 80 valence electrons. The van der Waals surface area contributed by atoms with Crippen molar-refractivity contribution in [1.29, 1.82) is 0 Å². The molecule has 0 unspecified atom stereocenters. The van der Waals surface area contributed by atoms with Crippen LogP contribution in [-0.4, -0.2) is 9.97 Å². The molecule has 0 spiro atoms. The molecule has 4 heteroatoms. The maximum atomic E-state index is 4.27. The lowest BCUT2D eigenvalue weighted by atomic mass is 10.2. The van der Waals surface area contributed by atoms with Crippen molar-refractivity contribution >= 4 is 28.1 Å². The minimum atomic E-state index is 0.822. The van der Waals surface area contributed by atoms with Gasteiger partial charge in [-0.3, -0.25) is 0 Å². The lowest BCUT2D eigenvalue weighted by Crippen LogP contribution is -1.96. The molecule has 3 aromatic rings. The first-order valence-corrected chi connectivity index (χ1v) is 6.05. The first kappa shape index (κ1) is 9.42. The summed E-state index contributed by atoms with van der Waals surface area (Å²) in [4.78, 5) is 7.44. The van der Waals surface area contributed by atoms with Crippen LogP contribution in [0.1, 0.15) is 5.56 Å². The number of nitrogens with zero attached hydrogens (tertiary/aromatic N) is 1. The van der Waals surface area contributed by atoms with Gasteiger partial charge >= 0.3 is 0 Å². The number of fused-ring (bicyclic) bond motifs is 1. The lowest BCUT2D eigenvalue weighted by Gasteiger charge is -2.01. The highest BCUT2D eigenvalue weighted by Gasteiger charge is 2.03. The molecule has 3 rings (SSSR count). The zero-order valence-electron chi connectivity index (χ0n) is 8.60. The zero-order chi connectivity index (χ0) is 10.8. The molecule has 0 bridgehead atoms. The Hall–Kier alpha value is -1.81. The van der Waals surface area contributed by atoms with Gasteiger partial charge in [-0.15, -0.1) is 0 Å². The van der Waals surface area contributed by atoms with Crippen LogP contribution in [0.3, 0.4) is 0 Å². The summed E-state index contributed by atoms with van der Waals surface area (Å²) in [5, 5.41) is 8.74. The second-order valence-corrected chi connectivity index (χ2v) is 4.36. The number of H-pyrrole nitrogens is 1. The van der Waals surface area contributed by atoms with Crippen molar-refractivity contribution in [1.82, 2.24) is 9.97 Å². The van der Waals surface area contributed by atoms with Crippen LogP contribution < -0.4 is 5.32 Å². The molecule has 16 heavy (non-hydrogen) atoms. The molecule has 3 aromatic heterocycles. The fourth-order valence-corrected chi connectivity index (χ4v) is 2.33. The number of nitrogens with one attached hydrogen (secondary N) is 2. The number of pyridine rings is 1. The monoisotopic (exact) mass is 229 g/mol. The molecule has 0 aliphatic carbocycles. The van der Waals surface area contributed by atoms with Crippen LogP contribution in [-0.2, 0) is 6.54 Å². The van der Waals surface area contributed by atoms with Gasteiger partial charge in [0.25, 0.3) is 0 Å². The third kappa shape index (κ3) is 1.67. The SMILES string of the molecule is c1cnc2[nH]cc(CNc3ccsc3)c2c1. The number of anilines is 1. The maximum absolute atomic E-state index is 4.27. The maximum Gasteiger partial charge on any atom is 0.137 e. The van der Waals surface area contributed by atoms with E-state index in [2.05, 4.69) is 38.2 Å². The predicted molar refractivity (Wildman–Crippen MR) is 67.7 cm³/mol. The van der Waals surface area contributed by atoms with Crippen molar-refractivity contribution in [3.63, 3.8) is 0 Å². The Morgan fingerprint density at radius 2 is 2.38 bits per heavy atom. The summed E-state index contributed by atoms with van der Waals surface area (Å²) in [6, 6.07) is 6.13. The molecule has 0 atom stereocenters. The Bertz CT molecular complexity index is 583. The number of hydrogen-bond acceptors (Lipinski definition) is 3. The van der Waals surface area contributed by atoms with Crippen molar-refractivity contribution in [3.8, 4) is 0 Å². The summed E-state index contributed by atoms with van der Waals surface area (Å²) >= 11 is 1.70. The van der Waals surface area contributed by atoms with Gasteiger partial charge in [0, 0.05) is 35.4 Å². The number of hydrogen-bond donors (Lipinski definition) is 2. The van der Waals surface area contributed by atoms with Gasteiger partial charge in [-0.2, -0.15) is 11.3 Å². The quantitative estimate of drug-likeness (QED) is 0.724.